The summed E-state index contributed by atoms with van der Waals surface area (Å²) in [7, 11) is 0. The van der Waals surface area contributed by atoms with Crippen LogP contribution in [0.3, 0.4) is 0 Å². The lowest BCUT2D eigenvalue weighted by atomic mass is 9.97. The summed E-state index contributed by atoms with van der Waals surface area (Å²) in [4.78, 5) is 30.9. The van der Waals surface area contributed by atoms with Crippen molar-refractivity contribution in [2.24, 2.45) is 5.73 Å². The van der Waals surface area contributed by atoms with Crippen LogP contribution in [0.5, 0.6) is 0 Å². The Morgan fingerprint density at radius 3 is 2.71 bits per heavy atom. The number of aromatic nitrogens is 4. The first-order valence-corrected chi connectivity index (χ1v) is 9.07. The zero-order chi connectivity index (χ0) is 19.7. The van der Waals surface area contributed by atoms with Gasteiger partial charge in [0.1, 0.15) is 5.69 Å². The first kappa shape index (κ1) is 17.9. The van der Waals surface area contributed by atoms with Gasteiger partial charge in [-0.25, -0.2) is 4.68 Å². The quantitative estimate of drug-likeness (QED) is 0.735. The van der Waals surface area contributed by atoms with Gasteiger partial charge < -0.3 is 15.2 Å². The minimum atomic E-state index is -0.645. The molecule has 0 bridgehead atoms. The second-order valence-corrected chi connectivity index (χ2v) is 6.80. The van der Waals surface area contributed by atoms with Gasteiger partial charge in [0.05, 0.1) is 11.6 Å². The van der Waals surface area contributed by atoms with Gasteiger partial charge in [-0.2, -0.15) is 10.1 Å². The van der Waals surface area contributed by atoms with Crippen LogP contribution in [-0.4, -0.2) is 49.7 Å². The molecule has 9 heteroatoms. The van der Waals surface area contributed by atoms with Crippen LogP contribution in [0.15, 0.2) is 40.9 Å². The number of primary amides is 1. The number of para-hydroxylation sites is 1. The lowest BCUT2D eigenvalue weighted by Crippen LogP contribution is -2.39. The van der Waals surface area contributed by atoms with Crippen LogP contribution in [-0.2, 0) is 0 Å². The molecule has 0 aliphatic carbocycles. The average molecular weight is 380 g/mol. The maximum absolute atomic E-state index is 13.0. The van der Waals surface area contributed by atoms with Crippen molar-refractivity contribution in [1.29, 1.82) is 0 Å². The van der Waals surface area contributed by atoms with Crippen LogP contribution in [0.2, 0.25) is 0 Å². The standard InChI is InChI=1S/C19H20N6O3/c1-12-21-18(28-23-12)13-6-5-9-24(11-13)19(27)15-10-16(17(20)26)25(22-15)14-7-3-2-4-8-14/h2-4,7-8,10,13H,5-6,9,11H2,1H3,(H2,20,26). The van der Waals surface area contributed by atoms with Crippen LogP contribution >= 0.6 is 0 Å². The third-order valence-electron chi connectivity index (χ3n) is 4.78. The first-order valence-electron chi connectivity index (χ1n) is 9.07. The van der Waals surface area contributed by atoms with E-state index in [4.69, 9.17) is 10.3 Å². The predicted molar refractivity (Wildman–Crippen MR) is 99.0 cm³/mol. The molecule has 1 aromatic carbocycles. The lowest BCUT2D eigenvalue weighted by molar-refractivity contribution is 0.0689. The van der Waals surface area contributed by atoms with Crippen molar-refractivity contribution in [1.82, 2.24) is 24.8 Å². The zero-order valence-electron chi connectivity index (χ0n) is 15.4. The Morgan fingerprint density at radius 2 is 2.04 bits per heavy atom. The minimum Gasteiger partial charge on any atom is -0.364 e. The third-order valence-corrected chi connectivity index (χ3v) is 4.78. The zero-order valence-corrected chi connectivity index (χ0v) is 15.4. The molecule has 1 atom stereocenters. The average Bonchev–Trinajstić information content (AvgIpc) is 3.35. The van der Waals surface area contributed by atoms with Crippen molar-refractivity contribution in [3.63, 3.8) is 0 Å². The molecule has 28 heavy (non-hydrogen) atoms. The number of benzene rings is 1. The number of hydrogen-bond acceptors (Lipinski definition) is 6. The van der Waals surface area contributed by atoms with Crippen LogP contribution in [0.4, 0.5) is 0 Å². The molecule has 3 heterocycles. The number of rotatable bonds is 4. The highest BCUT2D eigenvalue weighted by Crippen LogP contribution is 2.26. The normalized spacial score (nSPS) is 16.9. The highest BCUT2D eigenvalue weighted by Gasteiger charge is 2.30. The second kappa shape index (κ2) is 7.26. The van der Waals surface area contributed by atoms with Gasteiger partial charge in [0.15, 0.2) is 11.5 Å². The number of likely N-dealkylation sites (tertiary alicyclic amines) is 1. The molecule has 2 amide bonds. The Balaban J connectivity index is 1.60. The molecule has 2 aromatic heterocycles. The molecule has 2 N–H and O–H groups in total. The largest absolute Gasteiger partial charge is 0.364 e. The number of carbonyl (C=O) groups excluding carboxylic acids is 2. The highest BCUT2D eigenvalue weighted by atomic mass is 16.5. The van der Waals surface area contributed by atoms with Crippen molar-refractivity contribution in [2.45, 2.75) is 25.7 Å². The van der Waals surface area contributed by atoms with Crippen molar-refractivity contribution < 1.29 is 14.1 Å². The summed E-state index contributed by atoms with van der Waals surface area (Å²) in [6.07, 6.45) is 1.69. The summed E-state index contributed by atoms with van der Waals surface area (Å²) in [5.74, 6) is 0.214. The Kier molecular flexibility index (Phi) is 4.64. The Hall–Kier alpha value is -3.49. The molecule has 144 valence electrons. The smallest absolute Gasteiger partial charge is 0.274 e. The van der Waals surface area contributed by atoms with E-state index >= 15 is 0 Å². The fourth-order valence-electron chi connectivity index (χ4n) is 3.43. The van der Waals surface area contributed by atoms with E-state index in [1.807, 2.05) is 18.2 Å². The molecule has 1 unspecified atom stereocenters. The SMILES string of the molecule is Cc1noc(C2CCCN(C(=O)c3cc(C(N)=O)n(-c4ccccc4)n3)C2)n1. The second-order valence-electron chi connectivity index (χ2n) is 6.80. The number of amides is 2. The Morgan fingerprint density at radius 1 is 1.25 bits per heavy atom. The molecule has 3 aromatic rings. The molecule has 4 rings (SSSR count). The molecule has 0 spiro atoms. The van der Waals surface area contributed by atoms with Crippen molar-refractivity contribution in [3.8, 4) is 5.69 Å². The van der Waals surface area contributed by atoms with Crippen molar-refractivity contribution >= 4 is 11.8 Å². The van der Waals surface area contributed by atoms with Crippen LogP contribution in [0.25, 0.3) is 5.69 Å². The number of aryl methyl sites for hydroxylation is 1. The molecule has 1 aliphatic heterocycles. The topological polar surface area (TPSA) is 120 Å². The Bertz CT molecular complexity index is 1010. The summed E-state index contributed by atoms with van der Waals surface area (Å²) >= 11 is 0. The maximum Gasteiger partial charge on any atom is 0.274 e. The van der Waals surface area contributed by atoms with E-state index in [1.54, 1.807) is 24.0 Å². The predicted octanol–water partition coefficient (Wildman–Crippen LogP) is 1.68. The molecule has 1 fully saturated rings. The molecule has 1 saturated heterocycles. The van der Waals surface area contributed by atoms with Crippen LogP contribution in [0, 0.1) is 6.92 Å². The van der Waals surface area contributed by atoms with Gasteiger partial charge in [0.2, 0.25) is 5.89 Å². The minimum absolute atomic E-state index is 0.00859. The molecular formula is C19H20N6O3. The van der Waals surface area contributed by atoms with Gasteiger partial charge in [-0.1, -0.05) is 23.4 Å². The van der Waals surface area contributed by atoms with E-state index < -0.39 is 5.91 Å². The maximum atomic E-state index is 13.0. The van der Waals surface area contributed by atoms with E-state index in [0.29, 0.717) is 30.5 Å². The summed E-state index contributed by atoms with van der Waals surface area (Å²) in [6, 6.07) is 10.5. The van der Waals surface area contributed by atoms with Crippen molar-refractivity contribution in [2.75, 3.05) is 13.1 Å². The fourth-order valence-corrected chi connectivity index (χ4v) is 3.43. The van der Waals surface area contributed by atoms with E-state index in [-0.39, 0.29) is 23.2 Å². The van der Waals surface area contributed by atoms with Gasteiger partial charge in [-0.15, -0.1) is 0 Å². The van der Waals surface area contributed by atoms with Gasteiger partial charge in [-0.05, 0) is 31.9 Å². The van der Waals surface area contributed by atoms with Gasteiger partial charge in [-0.3, -0.25) is 9.59 Å². The highest BCUT2D eigenvalue weighted by molar-refractivity contribution is 5.97. The van der Waals surface area contributed by atoms with E-state index in [1.165, 1.54) is 10.7 Å². The Labute approximate surface area is 161 Å². The van der Waals surface area contributed by atoms with E-state index in [9.17, 15) is 9.59 Å². The third kappa shape index (κ3) is 3.38. The number of carbonyl (C=O) groups is 2. The molecular weight excluding hydrogens is 360 g/mol. The summed E-state index contributed by atoms with van der Waals surface area (Å²) in [5, 5.41) is 8.18. The van der Waals surface area contributed by atoms with Crippen molar-refractivity contribution in [3.05, 3.63) is 59.5 Å². The molecule has 0 saturated carbocycles. The van der Waals surface area contributed by atoms with E-state index in [0.717, 1.165) is 12.8 Å². The molecule has 0 radical (unpaired) electrons. The van der Waals surface area contributed by atoms with Crippen LogP contribution < -0.4 is 5.73 Å². The van der Waals surface area contributed by atoms with E-state index in [2.05, 4.69) is 15.2 Å². The lowest BCUT2D eigenvalue weighted by Gasteiger charge is -2.30. The van der Waals surface area contributed by atoms with Gasteiger partial charge >= 0.3 is 0 Å². The van der Waals surface area contributed by atoms with Crippen LogP contribution in [0.1, 0.15) is 51.5 Å². The summed E-state index contributed by atoms with van der Waals surface area (Å²) in [6.45, 7) is 2.83. The number of hydrogen-bond donors (Lipinski definition) is 1. The fraction of sp³-hybridized carbons (Fsp3) is 0.316. The number of nitrogens with two attached hydrogens (primary N) is 1. The first-order chi connectivity index (χ1) is 13.5. The van der Waals surface area contributed by atoms with Gasteiger partial charge in [0, 0.05) is 19.2 Å². The summed E-state index contributed by atoms with van der Waals surface area (Å²) in [5.41, 5.74) is 6.50. The molecule has 1 aliphatic rings. The number of nitrogens with zero attached hydrogens (tertiary/aromatic N) is 5. The summed E-state index contributed by atoms with van der Waals surface area (Å²) < 4.78 is 6.67. The van der Waals surface area contributed by atoms with Gasteiger partial charge in [0.25, 0.3) is 11.8 Å². The molecule has 9 nitrogen and oxygen atoms in total. The monoisotopic (exact) mass is 380 g/mol. The number of piperidine rings is 1.